The Balaban J connectivity index is 1.50. The van der Waals surface area contributed by atoms with Crippen LogP contribution in [0.2, 0.25) is 0 Å². The monoisotopic (exact) mass is 298 g/mol. The molecule has 3 rings (SSSR count). The van der Waals surface area contributed by atoms with Gasteiger partial charge in [0.15, 0.2) is 0 Å². The third-order valence-electron chi connectivity index (χ3n) is 4.16. The van der Waals surface area contributed by atoms with Gasteiger partial charge in [-0.05, 0) is 30.5 Å². The van der Waals surface area contributed by atoms with Crippen LogP contribution in [0.3, 0.4) is 0 Å². The van der Waals surface area contributed by atoms with Gasteiger partial charge in [-0.1, -0.05) is 24.3 Å². The smallest absolute Gasteiger partial charge is 0.269 e. The maximum absolute atomic E-state index is 12.1. The molecule has 1 amide bonds. The zero-order valence-electron chi connectivity index (χ0n) is 13.2. The lowest BCUT2D eigenvalue weighted by Gasteiger charge is -2.28. The topological polar surface area (TPSA) is 50.2 Å². The quantitative estimate of drug-likeness (QED) is 0.931. The van der Waals surface area contributed by atoms with E-state index in [1.807, 2.05) is 13.0 Å². The fourth-order valence-electron chi connectivity index (χ4n) is 2.99. The fraction of sp³-hybridized carbons (Fsp3) is 0.412. The van der Waals surface area contributed by atoms with E-state index in [1.165, 1.54) is 11.1 Å². The molecule has 0 unspecified atom stereocenters. The molecule has 2 aromatic rings. The molecule has 0 spiro atoms. The Morgan fingerprint density at radius 2 is 2.09 bits per heavy atom. The number of benzene rings is 1. The number of fused-ring (bicyclic) bond motifs is 1. The predicted molar refractivity (Wildman–Crippen MR) is 85.7 cm³/mol. The van der Waals surface area contributed by atoms with Crippen molar-refractivity contribution in [2.75, 3.05) is 19.6 Å². The van der Waals surface area contributed by atoms with E-state index < -0.39 is 0 Å². The summed E-state index contributed by atoms with van der Waals surface area (Å²) in [4.78, 5) is 14.5. The third kappa shape index (κ3) is 3.20. The zero-order valence-corrected chi connectivity index (χ0v) is 13.2. The molecular formula is C17H22N4O. The van der Waals surface area contributed by atoms with Crippen LogP contribution >= 0.6 is 0 Å². The highest BCUT2D eigenvalue weighted by atomic mass is 16.2. The van der Waals surface area contributed by atoms with Crippen molar-refractivity contribution in [2.45, 2.75) is 19.9 Å². The summed E-state index contributed by atoms with van der Waals surface area (Å²) >= 11 is 0. The molecule has 1 aliphatic heterocycles. The summed E-state index contributed by atoms with van der Waals surface area (Å²) in [5, 5.41) is 7.18. The van der Waals surface area contributed by atoms with Crippen LogP contribution in [0.15, 0.2) is 30.3 Å². The maximum Gasteiger partial charge on any atom is 0.269 e. The van der Waals surface area contributed by atoms with Crippen molar-refractivity contribution in [2.24, 2.45) is 7.05 Å². The van der Waals surface area contributed by atoms with Crippen LogP contribution in [0.4, 0.5) is 0 Å². The maximum atomic E-state index is 12.1. The summed E-state index contributed by atoms with van der Waals surface area (Å²) in [6, 6.07) is 10.4. The summed E-state index contributed by atoms with van der Waals surface area (Å²) in [5.74, 6) is -0.0551. The number of rotatable bonds is 4. The van der Waals surface area contributed by atoms with Crippen molar-refractivity contribution in [1.82, 2.24) is 20.0 Å². The summed E-state index contributed by atoms with van der Waals surface area (Å²) in [5.41, 5.74) is 4.33. The standard InChI is InChI=1S/C17H22N4O/c1-13-11-16(20(2)19-13)17(22)18-8-10-21-9-7-14-5-3-4-6-15(14)12-21/h3-6,11H,7-10,12H2,1-2H3,(H,18,22). The van der Waals surface area contributed by atoms with Crippen LogP contribution in [0, 0.1) is 6.92 Å². The van der Waals surface area contributed by atoms with Crippen molar-refractivity contribution in [3.63, 3.8) is 0 Å². The Labute approximate surface area is 130 Å². The summed E-state index contributed by atoms with van der Waals surface area (Å²) in [6.07, 6.45) is 1.09. The van der Waals surface area contributed by atoms with E-state index in [0.29, 0.717) is 12.2 Å². The minimum atomic E-state index is -0.0551. The summed E-state index contributed by atoms with van der Waals surface area (Å²) < 4.78 is 1.63. The molecule has 1 aliphatic rings. The molecule has 22 heavy (non-hydrogen) atoms. The molecular weight excluding hydrogens is 276 g/mol. The second-order valence-electron chi connectivity index (χ2n) is 5.85. The highest BCUT2D eigenvalue weighted by molar-refractivity contribution is 5.92. The van der Waals surface area contributed by atoms with Crippen molar-refractivity contribution >= 4 is 5.91 Å². The number of nitrogens with zero attached hydrogens (tertiary/aromatic N) is 3. The number of nitrogens with one attached hydrogen (secondary N) is 1. The first kappa shape index (κ1) is 14.8. The molecule has 116 valence electrons. The Kier molecular flexibility index (Phi) is 4.24. The van der Waals surface area contributed by atoms with Crippen LogP contribution < -0.4 is 5.32 Å². The first-order valence-corrected chi connectivity index (χ1v) is 7.71. The molecule has 1 aromatic heterocycles. The highest BCUT2D eigenvalue weighted by Gasteiger charge is 2.16. The SMILES string of the molecule is Cc1cc(C(=O)NCCN2CCc3ccccc3C2)n(C)n1. The first-order chi connectivity index (χ1) is 10.6. The molecule has 0 atom stereocenters. The average molecular weight is 298 g/mol. The largest absolute Gasteiger partial charge is 0.349 e. The normalized spacial score (nSPS) is 14.6. The second kappa shape index (κ2) is 6.32. The zero-order chi connectivity index (χ0) is 15.5. The fourth-order valence-corrected chi connectivity index (χ4v) is 2.99. The van der Waals surface area contributed by atoms with Gasteiger partial charge >= 0.3 is 0 Å². The molecule has 0 saturated heterocycles. The van der Waals surface area contributed by atoms with Gasteiger partial charge in [-0.2, -0.15) is 5.10 Å². The Bertz CT molecular complexity index is 677. The lowest BCUT2D eigenvalue weighted by atomic mass is 10.00. The van der Waals surface area contributed by atoms with Gasteiger partial charge in [-0.3, -0.25) is 14.4 Å². The van der Waals surface area contributed by atoms with E-state index in [4.69, 9.17) is 0 Å². The van der Waals surface area contributed by atoms with E-state index in [2.05, 4.69) is 39.6 Å². The molecule has 0 fully saturated rings. The van der Waals surface area contributed by atoms with Crippen molar-refractivity contribution < 1.29 is 4.79 Å². The van der Waals surface area contributed by atoms with Gasteiger partial charge in [-0.25, -0.2) is 0 Å². The van der Waals surface area contributed by atoms with Crippen molar-refractivity contribution in [3.05, 3.63) is 52.8 Å². The lowest BCUT2D eigenvalue weighted by Crippen LogP contribution is -2.38. The number of carbonyl (C=O) groups excluding carboxylic acids is 1. The van der Waals surface area contributed by atoms with Crippen molar-refractivity contribution in [3.8, 4) is 0 Å². The molecule has 1 aromatic carbocycles. The second-order valence-corrected chi connectivity index (χ2v) is 5.85. The van der Waals surface area contributed by atoms with Gasteiger partial charge in [0.05, 0.1) is 5.69 Å². The summed E-state index contributed by atoms with van der Waals surface area (Å²) in [6.45, 7) is 5.44. The van der Waals surface area contributed by atoms with E-state index >= 15 is 0 Å². The molecule has 1 N–H and O–H groups in total. The molecule has 0 aliphatic carbocycles. The first-order valence-electron chi connectivity index (χ1n) is 7.71. The third-order valence-corrected chi connectivity index (χ3v) is 4.16. The molecule has 5 heteroatoms. The van der Waals surface area contributed by atoms with Crippen LogP contribution in [0.1, 0.15) is 27.3 Å². The number of aryl methyl sites for hydroxylation is 2. The van der Waals surface area contributed by atoms with E-state index in [1.54, 1.807) is 11.7 Å². The van der Waals surface area contributed by atoms with E-state index in [0.717, 1.165) is 31.7 Å². The molecule has 0 saturated carbocycles. The molecule has 0 bridgehead atoms. The van der Waals surface area contributed by atoms with Crippen molar-refractivity contribution in [1.29, 1.82) is 0 Å². The highest BCUT2D eigenvalue weighted by Crippen LogP contribution is 2.17. The number of carbonyl (C=O) groups is 1. The Hall–Kier alpha value is -2.14. The van der Waals surface area contributed by atoms with Gasteiger partial charge in [0, 0.05) is 33.2 Å². The Morgan fingerprint density at radius 1 is 1.32 bits per heavy atom. The Morgan fingerprint density at radius 3 is 2.82 bits per heavy atom. The van der Waals surface area contributed by atoms with Gasteiger partial charge in [0.1, 0.15) is 5.69 Å². The molecule has 0 radical (unpaired) electrons. The average Bonchev–Trinajstić information content (AvgIpc) is 2.86. The lowest BCUT2D eigenvalue weighted by molar-refractivity contribution is 0.0938. The summed E-state index contributed by atoms with van der Waals surface area (Å²) in [7, 11) is 1.80. The van der Waals surface area contributed by atoms with Gasteiger partial charge < -0.3 is 5.32 Å². The van der Waals surface area contributed by atoms with Gasteiger partial charge in [0.2, 0.25) is 0 Å². The minimum absolute atomic E-state index is 0.0551. The van der Waals surface area contributed by atoms with Crippen LogP contribution in [0.5, 0.6) is 0 Å². The van der Waals surface area contributed by atoms with E-state index in [-0.39, 0.29) is 5.91 Å². The number of amides is 1. The number of aromatic nitrogens is 2. The minimum Gasteiger partial charge on any atom is -0.349 e. The van der Waals surface area contributed by atoms with Crippen LogP contribution in [-0.2, 0) is 20.0 Å². The number of hydrogen-bond acceptors (Lipinski definition) is 3. The molecule has 5 nitrogen and oxygen atoms in total. The van der Waals surface area contributed by atoms with Crippen LogP contribution in [-0.4, -0.2) is 40.2 Å². The predicted octanol–water partition coefficient (Wildman–Crippen LogP) is 1.52. The van der Waals surface area contributed by atoms with E-state index in [9.17, 15) is 4.79 Å². The number of hydrogen-bond donors (Lipinski definition) is 1. The van der Waals surface area contributed by atoms with Gasteiger partial charge in [-0.15, -0.1) is 0 Å². The molecule has 2 heterocycles. The van der Waals surface area contributed by atoms with Gasteiger partial charge in [0.25, 0.3) is 5.91 Å². The van der Waals surface area contributed by atoms with Crippen LogP contribution in [0.25, 0.3) is 0 Å².